The molecule has 0 spiro atoms. The molecule has 1 saturated carbocycles. The van der Waals surface area contributed by atoms with Crippen LogP contribution in [-0.4, -0.2) is 11.8 Å². The Morgan fingerprint density at radius 1 is 0.704 bits per heavy atom. The molecule has 0 heterocycles. The molecule has 1 aliphatic carbocycles. The zero-order valence-electron chi connectivity index (χ0n) is 18.6. The molecule has 0 bridgehead atoms. The first-order valence-electron chi connectivity index (χ1n) is 11.2. The quantitative estimate of drug-likeness (QED) is 0.463. The Morgan fingerprint density at radius 2 is 1.11 bits per heavy atom. The molecule has 0 N–H and O–H groups in total. The molecule has 2 aromatic carbocycles. The SMILES string of the molecule is CC.CC.CC(C)C[P+](c1ccccc1)(c1ccccc1)C1CCCCC1. The molecule has 1 fully saturated rings. The van der Waals surface area contributed by atoms with Crippen LogP contribution < -0.4 is 10.6 Å². The second-order valence-electron chi connectivity index (χ2n) is 7.41. The molecular formula is C26H42P+. The van der Waals surface area contributed by atoms with Gasteiger partial charge in [0.05, 0.1) is 29.7 Å². The lowest BCUT2D eigenvalue weighted by atomic mass is 10.0. The Labute approximate surface area is 170 Å². The highest BCUT2D eigenvalue weighted by molar-refractivity contribution is 7.90. The fourth-order valence-corrected chi connectivity index (χ4v) is 10.1. The maximum absolute atomic E-state index is 2.41. The largest absolute Gasteiger partial charge is 0.0994 e. The Kier molecular flexibility index (Phi) is 11.6. The number of benzene rings is 2. The molecule has 0 unspecified atom stereocenters. The Balaban J connectivity index is 0.000000855. The first-order chi connectivity index (χ1) is 13.2. The van der Waals surface area contributed by atoms with Crippen molar-refractivity contribution >= 4 is 17.9 Å². The highest BCUT2D eigenvalue weighted by Crippen LogP contribution is 2.65. The van der Waals surface area contributed by atoms with E-state index in [-0.39, 0.29) is 0 Å². The molecule has 0 amide bonds. The topological polar surface area (TPSA) is 0 Å². The van der Waals surface area contributed by atoms with E-state index in [2.05, 4.69) is 74.5 Å². The molecule has 0 saturated heterocycles. The van der Waals surface area contributed by atoms with Crippen molar-refractivity contribution in [1.29, 1.82) is 0 Å². The molecule has 0 aromatic heterocycles. The highest BCUT2D eigenvalue weighted by Gasteiger charge is 2.50. The predicted molar refractivity (Wildman–Crippen MR) is 128 cm³/mol. The van der Waals surface area contributed by atoms with Crippen LogP contribution in [0.1, 0.15) is 73.6 Å². The minimum atomic E-state index is -1.33. The van der Waals surface area contributed by atoms with E-state index in [1.54, 1.807) is 10.6 Å². The third kappa shape index (κ3) is 6.18. The standard InChI is InChI=1S/C22H30P.2C2H6/c1-19(2)18-23(20-12-6-3-7-13-20,21-14-8-4-9-15-21)22-16-10-5-11-17-22;2*1-2/h3-4,6-9,12-15,19,22H,5,10-11,16-18H2,1-2H3;2*1-2H3/q+1;;. The molecule has 0 nitrogen and oxygen atoms in total. The van der Waals surface area contributed by atoms with Gasteiger partial charge in [-0.25, -0.2) is 0 Å². The first kappa shape index (κ1) is 23.9. The van der Waals surface area contributed by atoms with Crippen LogP contribution in [0.4, 0.5) is 0 Å². The molecule has 0 aliphatic heterocycles. The van der Waals surface area contributed by atoms with Gasteiger partial charge in [0.25, 0.3) is 0 Å². The van der Waals surface area contributed by atoms with Crippen LogP contribution in [0.3, 0.4) is 0 Å². The molecular weight excluding hydrogens is 343 g/mol. The van der Waals surface area contributed by atoms with E-state index >= 15 is 0 Å². The molecule has 150 valence electrons. The summed E-state index contributed by atoms with van der Waals surface area (Å²) >= 11 is 0. The van der Waals surface area contributed by atoms with E-state index in [1.807, 2.05) is 27.7 Å². The van der Waals surface area contributed by atoms with E-state index in [9.17, 15) is 0 Å². The van der Waals surface area contributed by atoms with Crippen molar-refractivity contribution in [3.05, 3.63) is 60.7 Å². The highest BCUT2D eigenvalue weighted by atomic mass is 31.2. The molecule has 1 heteroatoms. The zero-order valence-corrected chi connectivity index (χ0v) is 19.5. The summed E-state index contributed by atoms with van der Waals surface area (Å²) in [6.45, 7) is 12.8. The van der Waals surface area contributed by atoms with Gasteiger partial charge >= 0.3 is 0 Å². The Bertz CT molecular complexity index is 543. The lowest BCUT2D eigenvalue weighted by Crippen LogP contribution is -2.36. The third-order valence-corrected chi connectivity index (χ3v) is 10.8. The van der Waals surface area contributed by atoms with E-state index in [0.29, 0.717) is 0 Å². The molecule has 3 rings (SSSR count). The van der Waals surface area contributed by atoms with E-state index in [4.69, 9.17) is 0 Å². The van der Waals surface area contributed by atoms with Gasteiger partial charge in [-0.2, -0.15) is 0 Å². The van der Waals surface area contributed by atoms with Gasteiger partial charge in [-0.1, -0.05) is 84.4 Å². The van der Waals surface area contributed by atoms with Gasteiger partial charge < -0.3 is 0 Å². The van der Waals surface area contributed by atoms with Gasteiger partial charge in [-0.15, -0.1) is 0 Å². The maximum atomic E-state index is 2.41. The number of hydrogen-bond acceptors (Lipinski definition) is 0. The van der Waals surface area contributed by atoms with Crippen molar-refractivity contribution in [2.24, 2.45) is 5.92 Å². The van der Waals surface area contributed by atoms with Crippen molar-refractivity contribution in [1.82, 2.24) is 0 Å². The van der Waals surface area contributed by atoms with Gasteiger partial charge in [0, 0.05) is 0 Å². The van der Waals surface area contributed by atoms with E-state index < -0.39 is 7.26 Å². The summed E-state index contributed by atoms with van der Waals surface area (Å²) in [6.07, 6.45) is 8.47. The summed E-state index contributed by atoms with van der Waals surface area (Å²) < 4.78 is 0. The number of rotatable bonds is 5. The number of hydrogen-bond donors (Lipinski definition) is 0. The van der Waals surface area contributed by atoms with E-state index in [1.165, 1.54) is 38.3 Å². The van der Waals surface area contributed by atoms with Crippen molar-refractivity contribution in [2.45, 2.75) is 79.3 Å². The summed E-state index contributed by atoms with van der Waals surface area (Å²) in [5.74, 6) is 0.741. The van der Waals surface area contributed by atoms with Crippen LogP contribution in [-0.2, 0) is 0 Å². The lowest BCUT2D eigenvalue weighted by Gasteiger charge is -2.38. The third-order valence-electron chi connectivity index (χ3n) is 5.29. The predicted octanol–water partition coefficient (Wildman–Crippen LogP) is 7.70. The maximum Gasteiger partial charge on any atom is 0.0994 e. The molecule has 0 radical (unpaired) electrons. The van der Waals surface area contributed by atoms with Gasteiger partial charge in [0.1, 0.15) is 0 Å². The Morgan fingerprint density at radius 3 is 1.48 bits per heavy atom. The average Bonchev–Trinajstić information content (AvgIpc) is 2.76. The van der Waals surface area contributed by atoms with Crippen molar-refractivity contribution in [2.75, 3.05) is 6.16 Å². The summed E-state index contributed by atoms with van der Waals surface area (Å²) in [5.41, 5.74) is 0.878. The second kappa shape index (κ2) is 13.1. The fraction of sp³-hybridized carbons (Fsp3) is 0.538. The Hall–Kier alpha value is -1.13. The van der Waals surface area contributed by atoms with Crippen molar-refractivity contribution < 1.29 is 0 Å². The van der Waals surface area contributed by atoms with Crippen LogP contribution in [0.5, 0.6) is 0 Å². The van der Waals surface area contributed by atoms with Gasteiger partial charge in [-0.3, -0.25) is 0 Å². The fourth-order valence-electron chi connectivity index (χ4n) is 4.42. The second-order valence-corrected chi connectivity index (χ2v) is 11.3. The summed E-state index contributed by atoms with van der Waals surface area (Å²) in [7, 11) is -1.33. The van der Waals surface area contributed by atoms with Crippen LogP contribution in [0.2, 0.25) is 0 Å². The monoisotopic (exact) mass is 385 g/mol. The van der Waals surface area contributed by atoms with E-state index in [0.717, 1.165) is 11.6 Å². The van der Waals surface area contributed by atoms with Crippen LogP contribution in [0.15, 0.2) is 60.7 Å². The van der Waals surface area contributed by atoms with Crippen molar-refractivity contribution in [3.8, 4) is 0 Å². The summed E-state index contributed by atoms with van der Waals surface area (Å²) in [6, 6.07) is 23.0. The molecule has 2 aromatic rings. The van der Waals surface area contributed by atoms with Crippen LogP contribution >= 0.6 is 7.26 Å². The zero-order chi connectivity index (χ0) is 20.1. The van der Waals surface area contributed by atoms with Gasteiger partial charge in [0.2, 0.25) is 0 Å². The lowest BCUT2D eigenvalue weighted by molar-refractivity contribution is 0.508. The molecule has 1 aliphatic rings. The minimum absolute atomic E-state index is 0.741. The normalized spacial score (nSPS) is 14.6. The van der Waals surface area contributed by atoms with Gasteiger partial charge in [-0.05, 0) is 55.9 Å². The average molecular weight is 386 g/mol. The summed E-state index contributed by atoms with van der Waals surface area (Å²) in [5, 5.41) is 3.26. The minimum Gasteiger partial charge on any atom is -0.0683 e. The van der Waals surface area contributed by atoms with Crippen LogP contribution in [0.25, 0.3) is 0 Å². The molecule has 0 atom stereocenters. The van der Waals surface area contributed by atoms with Crippen molar-refractivity contribution in [3.63, 3.8) is 0 Å². The van der Waals surface area contributed by atoms with Crippen LogP contribution in [0, 0.1) is 5.92 Å². The first-order valence-corrected chi connectivity index (χ1v) is 13.3. The smallest absolute Gasteiger partial charge is 0.0683 e. The summed E-state index contributed by atoms with van der Waals surface area (Å²) in [4.78, 5) is 0. The van der Waals surface area contributed by atoms with Gasteiger partial charge in [0.15, 0.2) is 0 Å². The molecule has 27 heavy (non-hydrogen) atoms.